The molecule has 1 amide bonds. The Morgan fingerprint density at radius 3 is 2.47 bits per heavy atom. The van der Waals surface area contributed by atoms with Crippen LogP contribution in [0.15, 0.2) is 66.7 Å². The number of hydrogen-bond acceptors (Lipinski definition) is 4. The minimum absolute atomic E-state index is 0.0411. The molecule has 2 aliphatic rings. The number of nitrogens with one attached hydrogen (secondary N) is 1. The Labute approximate surface area is 186 Å². The summed E-state index contributed by atoms with van der Waals surface area (Å²) >= 11 is 0. The van der Waals surface area contributed by atoms with Gasteiger partial charge in [-0.3, -0.25) is 0 Å². The summed E-state index contributed by atoms with van der Waals surface area (Å²) in [6.45, 7) is 0.999. The van der Waals surface area contributed by atoms with E-state index in [1.54, 1.807) is 6.07 Å². The number of benzene rings is 3. The number of hydrogen-bond donors (Lipinski definition) is 1. The smallest absolute Gasteiger partial charge is 0.407 e. The Balaban J connectivity index is 1.13. The fourth-order valence-electron chi connectivity index (χ4n) is 4.23. The van der Waals surface area contributed by atoms with Crippen LogP contribution in [0.2, 0.25) is 0 Å². The van der Waals surface area contributed by atoms with Crippen molar-refractivity contribution in [2.75, 3.05) is 13.2 Å². The molecule has 0 bridgehead atoms. The Morgan fingerprint density at radius 2 is 1.72 bits per heavy atom. The zero-order chi connectivity index (χ0) is 21.9. The highest BCUT2D eigenvalue weighted by Crippen LogP contribution is 2.44. The fraction of sp³-hybridized carbons (Fsp3) is 0.185. The molecule has 0 spiro atoms. The van der Waals surface area contributed by atoms with E-state index in [4.69, 9.17) is 9.47 Å². The third kappa shape index (κ3) is 3.83. The van der Waals surface area contributed by atoms with Crippen molar-refractivity contribution in [3.63, 3.8) is 0 Å². The van der Waals surface area contributed by atoms with Crippen LogP contribution in [0, 0.1) is 11.8 Å². The second-order valence-corrected chi connectivity index (χ2v) is 7.75. The van der Waals surface area contributed by atoms with Crippen molar-refractivity contribution in [2.24, 2.45) is 0 Å². The molecule has 32 heavy (non-hydrogen) atoms. The number of alkyl carbamates (subject to hydrolysis) is 1. The maximum absolute atomic E-state index is 12.2. The predicted octanol–water partition coefficient (Wildman–Crippen LogP) is 4.64. The summed E-state index contributed by atoms with van der Waals surface area (Å²) in [5, 5.41) is 2.75. The van der Waals surface area contributed by atoms with Gasteiger partial charge in [-0.15, -0.1) is 0 Å². The number of esters is 1. The van der Waals surface area contributed by atoms with Crippen molar-refractivity contribution in [3.8, 4) is 23.0 Å². The van der Waals surface area contributed by atoms with Gasteiger partial charge in [0.15, 0.2) is 0 Å². The standard InChI is InChI=1S/C27H21NO4/c29-26-24-15-18(12-13-19(24)16-31-26)7-5-6-14-28-27(30)32-17-25-22-10-3-1-8-20(22)21-9-2-4-11-23(21)25/h1-4,8-13,15,25H,6,14,16-17H2,(H,28,30). The first-order valence-electron chi connectivity index (χ1n) is 10.6. The lowest BCUT2D eigenvalue weighted by Gasteiger charge is -2.14. The van der Waals surface area contributed by atoms with Gasteiger partial charge in [0, 0.05) is 30.0 Å². The number of carbonyl (C=O) groups excluding carboxylic acids is 2. The van der Waals surface area contributed by atoms with Gasteiger partial charge in [-0.25, -0.2) is 9.59 Å². The van der Waals surface area contributed by atoms with E-state index in [2.05, 4.69) is 41.4 Å². The van der Waals surface area contributed by atoms with Gasteiger partial charge in [0.25, 0.3) is 0 Å². The van der Waals surface area contributed by atoms with Crippen molar-refractivity contribution in [1.29, 1.82) is 0 Å². The van der Waals surface area contributed by atoms with Gasteiger partial charge >= 0.3 is 12.1 Å². The Morgan fingerprint density at radius 1 is 1.00 bits per heavy atom. The summed E-state index contributed by atoms with van der Waals surface area (Å²) in [5.41, 5.74) is 6.99. The number of carbonyl (C=O) groups is 2. The van der Waals surface area contributed by atoms with Crippen LogP contribution in [0.1, 0.15) is 45.0 Å². The summed E-state index contributed by atoms with van der Waals surface area (Å²) in [6, 6.07) is 22.0. The topological polar surface area (TPSA) is 64.6 Å². The number of fused-ring (bicyclic) bond motifs is 4. The number of rotatable bonds is 4. The number of amides is 1. The zero-order valence-corrected chi connectivity index (χ0v) is 17.4. The highest BCUT2D eigenvalue weighted by Gasteiger charge is 2.28. The highest BCUT2D eigenvalue weighted by atomic mass is 16.5. The van der Waals surface area contributed by atoms with Crippen LogP contribution in [0.3, 0.4) is 0 Å². The molecular formula is C27H21NO4. The zero-order valence-electron chi connectivity index (χ0n) is 17.4. The Bertz CT molecular complexity index is 1220. The van der Waals surface area contributed by atoms with Crippen LogP contribution in [-0.2, 0) is 16.1 Å². The lowest BCUT2D eigenvalue weighted by Crippen LogP contribution is -2.26. The maximum Gasteiger partial charge on any atom is 0.407 e. The van der Waals surface area contributed by atoms with E-state index in [1.165, 1.54) is 22.3 Å². The lowest BCUT2D eigenvalue weighted by atomic mass is 9.98. The van der Waals surface area contributed by atoms with Crippen LogP contribution in [0.5, 0.6) is 0 Å². The van der Waals surface area contributed by atoms with E-state index in [-0.39, 0.29) is 18.5 Å². The van der Waals surface area contributed by atoms with Gasteiger partial charge in [-0.05, 0) is 34.4 Å². The molecule has 0 atom stereocenters. The minimum atomic E-state index is -0.450. The van der Waals surface area contributed by atoms with Crippen LogP contribution in [0.25, 0.3) is 11.1 Å². The van der Waals surface area contributed by atoms with Gasteiger partial charge in [-0.2, -0.15) is 0 Å². The van der Waals surface area contributed by atoms with Crippen molar-refractivity contribution in [3.05, 3.63) is 94.5 Å². The first-order valence-corrected chi connectivity index (χ1v) is 10.6. The van der Waals surface area contributed by atoms with Crippen molar-refractivity contribution < 1.29 is 19.1 Å². The van der Waals surface area contributed by atoms with Crippen LogP contribution < -0.4 is 5.32 Å². The summed E-state index contributed by atoms with van der Waals surface area (Å²) in [4.78, 5) is 23.8. The molecule has 0 aromatic heterocycles. The SMILES string of the molecule is O=C(NCCC#Cc1ccc2c(c1)C(=O)OC2)OCC1c2ccccc2-c2ccccc21. The fourth-order valence-corrected chi connectivity index (χ4v) is 4.23. The van der Waals surface area contributed by atoms with Crippen LogP contribution >= 0.6 is 0 Å². The average molecular weight is 423 g/mol. The van der Waals surface area contributed by atoms with E-state index in [0.717, 1.165) is 11.1 Å². The van der Waals surface area contributed by atoms with E-state index in [1.807, 2.05) is 36.4 Å². The predicted molar refractivity (Wildman–Crippen MR) is 120 cm³/mol. The van der Waals surface area contributed by atoms with E-state index in [9.17, 15) is 9.59 Å². The molecule has 3 aromatic carbocycles. The van der Waals surface area contributed by atoms with Gasteiger partial charge in [0.2, 0.25) is 0 Å². The molecule has 3 aromatic rings. The van der Waals surface area contributed by atoms with Crippen molar-refractivity contribution in [1.82, 2.24) is 5.32 Å². The molecule has 0 fully saturated rings. The molecule has 1 heterocycles. The summed E-state index contributed by atoms with van der Waals surface area (Å²) in [6.07, 6.45) is 0.0278. The molecule has 1 N–H and O–H groups in total. The van der Waals surface area contributed by atoms with Crippen LogP contribution in [-0.4, -0.2) is 25.2 Å². The highest BCUT2D eigenvalue weighted by molar-refractivity contribution is 5.93. The van der Waals surface area contributed by atoms with Gasteiger partial charge in [0.1, 0.15) is 13.2 Å². The Kier molecular flexibility index (Phi) is 5.35. The Hall–Kier alpha value is -4.04. The minimum Gasteiger partial charge on any atom is -0.457 e. The summed E-state index contributed by atoms with van der Waals surface area (Å²) < 4.78 is 10.5. The van der Waals surface area contributed by atoms with E-state index in [0.29, 0.717) is 25.1 Å². The molecule has 158 valence electrons. The largest absolute Gasteiger partial charge is 0.457 e. The van der Waals surface area contributed by atoms with Gasteiger partial charge < -0.3 is 14.8 Å². The molecule has 5 nitrogen and oxygen atoms in total. The average Bonchev–Trinajstić information content (AvgIpc) is 3.35. The third-order valence-electron chi connectivity index (χ3n) is 5.78. The monoisotopic (exact) mass is 423 g/mol. The molecule has 0 radical (unpaired) electrons. The molecule has 0 unspecified atom stereocenters. The quantitative estimate of drug-likeness (QED) is 0.377. The molecule has 1 aliphatic carbocycles. The summed E-state index contributed by atoms with van der Waals surface area (Å²) in [5.74, 6) is 5.77. The molecule has 0 saturated heterocycles. The first kappa shape index (κ1) is 19.9. The third-order valence-corrected chi connectivity index (χ3v) is 5.78. The second kappa shape index (κ2) is 8.60. The van der Waals surface area contributed by atoms with Crippen LogP contribution in [0.4, 0.5) is 4.79 Å². The molecule has 5 heteroatoms. The second-order valence-electron chi connectivity index (χ2n) is 7.75. The van der Waals surface area contributed by atoms with Gasteiger partial charge in [0.05, 0.1) is 5.56 Å². The first-order chi connectivity index (χ1) is 15.7. The number of ether oxygens (including phenoxy) is 2. The number of cyclic esters (lactones) is 1. The van der Waals surface area contributed by atoms with Crippen molar-refractivity contribution in [2.45, 2.75) is 18.9 Å². The molecule has 0 saturated carbocycles. The van der Waals surface area contributed by atoms with E-state index >= 15 is 0 Å². The van der Waals surface area contributed by atoms with E-state index < -0.39 is 6.09 Å². The molecule has 5 rings (SSSR count). The molecule has 1 aliphatic heterocycles. The maximum atomic E-state index is 12.2. The normalized spacial score (nSPS) is 13.3. The molecular weight excluding hydrogens is 402 g/mol. The van der Waals surface area contributed by atoms with Gasteiger partial charge in [-0.1, -0.05) is 66.4 Å². The lowest BCUT2D eigenvalue weighted by molar-refractivity contribution is 0.0535. The summed E-state index contributed by atoms with van der Waals surface area (Å²) in [7, 11) is 0. The van der Waals surface area contributed by atoms with Crippen molar-refractivity contribution >= 4 is 12.1 Å².